The number of anilines is 1. The minimum Gasteiger partial charge on any atom is -0.489 e. The molecular formula is C19H18F3NO3. The molecular weight excluding hydrogens is 347 g/mol. The van der Waals surface area contributed by atoms with Crippen LogP contribution in [0.5, 0.6) is 5.75 Å². The summed E-state index contributed by atoms with van der Waals surface area (Å²) in [6, 6.07) is 11.3. The molecule has 1 aliphatic rings. The van der Waals surface area contributed by atoms with Crippen LogP contribution in [0.3, 0.4) is 0 Å². The maximum absolute atomic E-state index is 12.6. The van der Waals surface area contributed by atoms with Gasteiger partial charge in [-0.05, 0) is 61.4 Å². The molecule has 0 radical (unpaired) electrons. The van der Waals surface area contributed by atoms with Gasteiger partial charge in [-0.2, -0.15) is 13.2 Å². The maximum Gasteiger partial charge on any atom is 0.416 e. The van der Waals surface area contributed by atoms with E-state index < -0.39 is 17.7 Å². The first-order chi connectivity index (χ1) is 12.3. The van der Waals surface area contributed by atoms with E-state index in [1.54, 1.807) is 24.3 Å². The SMILES string of the molecule is O=C(O)c1ccc(N2CCC[C@H](Oc3ccc(C(F)(F)F)cc3)C2)cc1. The highest BCUT2D eigenvalue weighted by Crippen LogP contribution is 2.31. The Labute approximate surface area is 148 Å². The van der Waals surface area contributed by atoms with Crippen molar-refractivity contribution in [1.82, 2.24) is 0 Å². The van der Waals surface area contributed by atoms with Crippen molar-refractivity contribution >= 4 is 11.7 Å². The molecule has 0 amide bonds. The lowest BCUT2D eigenvalue weighted by Gasteiger charge is -2.34. The first-order valence-corrected chi connectivity index (χ1v) is 8.25. The average molecular weight is 365 g/mol. The topological polar surface area (TPSA) is 49.8 Å². The third-order valence-corrected chi connectivity index (χ3v) is 4.34. The number of carboxylic acid groups (broad SMARTS) is 1. The van der Waals surface area contributed by atoms with E-state index in [0.29, 0.717) is 12.3 Å². The molecule has 4 nitrogen and oxygen atoms in total. The summed E-state index contributed by atoms with van der Waals surface area (Å²) in [5.41, 5.74) is 0.424. The van der Waals surface area contributed by atoms with Gasteiger partial charge in [0, 0.05) is 12.2 Å². The minimum atomic E-state index is -4.36. The van der Waals surface area contributed by atoms with Crippen molar-refractivity contribution in [3.63, 3.8) is 0 Å². The van der Waals surface area contributed by atoms with Crippen molar-refractivity contribution < 1.29 is 27.8 Å². The minimum absolute atomic E-state index is 0.139. The van der Waals surface area contributed by atoms with Crippen LogP contribution in [0.4, 0.5) is 18.9 Å². The smallest absolute Gasteiger partial charge is 0.416 e. The number of piperidine rings is 1. The van der Waals surface area contributed by atoms with Crippen molar-refractivity contribution in [2.75, 3.05) is 18.0 Å². The van der Waals surface area contributed by atoms with Crippen LogP contribution in [-0.4, -0.2) is 30.3 Å². The van der Waals surface area contributed by atoms with E-state index in [0.717, 1.165) is 37.2 Å². The Morgan fingerprint density at radius 1 is 1.08 bits per heavy atom. The second-order valence-corrected chi connectivity index (χ2v) is 6.20. The summed E-state index contributed by atoms with van der Waals surface area (Å²) in [7, 11) is 0. The average Bonchev–Trinajstić information content (AvgIpc) is 2.62. The Morgan fingerprint density at radius 2 is 1.73 bits per heavy atom. The van der Waals surface area contributed by atoms with Gasteiger partial charge in [-0.3, -0.25) is 0 Å². The number of benzene rings is 2. The maximum atomic E-state index is 12.6. The summed E-state index contributed by atoms with van der Waals surface area (Å²) >= 11 is 0. The third-order valence-electron chi connectivity index (χ3n) is 4.34. The number of halogens is 3. The quantitative estimate of drug-likeness (QED) is 0.870. The van der Waals surface area contributed by atoms with Crippen molar-refractivity contribution in [3.8, 4) is 5.75 Å². The van der Waals surface area contributed by atoms with Gasteiger partial charge < -0.3 is 14.7 Å². The van der Waals surface area contributed by atoms with Gasteiger partial charge in [-0.15, -0.1) is 0 Å². The molecule has 2 aromatic rings. The van der Waals surface area contributed by atoms with Crippen molar-refractivity contribution in [3.05, 3.63) is 59.7 Å². The van der Waals surface area contributed by atoms with Crippen LogP contribution in [0, 0.1) is 0 Å². The Hall–Kier alpha value is -2.70. The zero-order valence-corrected chi connectivity index (χ0v) is 13.9. The van der Waals surface area contributed by atoms with Gasteiger partial charge >= 0.3 is 12.1 Å². The van der Waals surface area contributed by atoms with Crippen molar-refractivity contribution in [1.29, 1.82) is 0 Å². The van der Waals surface area contributed by atoms with Crippen LogP contribution in [-0.2, 0) is 6.18 Å². The first-order valence-electron chi connectivity index (χ1n) is 8.25. The van der Waals surface area contributed by atoms with E-state index in [4.69, 9.17) is 9.84 Å². The highest BCUT2D eigenvalue weighted by atomic mass is 19.4. The zero-order chi connectivity index (χ0) is 18.7. The molecule has 1 fully saturated rings. The van der Waals surface area contributed by atoms with Crippen molar-refractivity contribution in [2.45, 2.75) is 25.1 Å². The number of rotatable bonds is 4. The highest BCUT2D eigenvalue weighted by molar-refractivity contribution is 5.88. The summed E-state index contributed by atoms with van der Waals surface area (Å²) in [5.74, 6) is -0.565. The van der Waals surface area contributed by atoms with Gasteiger partial charge in [0.1, 0.15) is 11.9 Å². The van der Waals surface area contributed by atoms with Crippen molar-refractivity contribution in [2.24, 2.45) is 0 Å². The van der Waals surface area contributed by atoms with E-state index in [9.17, 15) is 18.0 Å². The summed E-state index contributed by atoms with van der Waals surface area (Å²) in [6.45, 7) is 1.41. The predicted octanol–water partition coefficient (Wildman–Crippen LogP) is 4.45. The Morgan fingerprint density at radius 3 is 2.31 bits per heavy atom. The number of alkyl halides is 3. The number of aromatic carboxylic acids is 1. The fourth-order valence-electron chi connectivity index (χ4n) is 3.00. The van der Waals surface area contributed by atoms with E-state index in [-0.39, 0.29) is 11.7 Å². The molecule has 26 heavy (non-hydrogen) atoms. The number of ether oxygens (including phenoxy) is 1. The normalized spacial score (nSPS) is 17.8. The van der Waals surface area contributed by atoms with E-state index >= 15 is 0 Å². The molecule has 1 N–H and O–H groups in total. The molecule has 0 spiro atoms. The largest absolute Gasteiger partial charge is 0.489 e. The molecule has 3 rings (SSSR count). The monoisotopic (exact) mass is 365 g/mol. The van der Waals surface area contributed by atoms with Crippen LogP contribution in [0.25, 0.3) is 0 Å². The predicted molar refractivity (Wildman–Crippen MR) is 90.7 cm³/mol. The molecule has 1 aliphatic heterocycles. The van der Waals surface area contributed by atoms with E-state index in [1.807, 2.05) is 0 Å². The van der Waals surface area contributed by atoms with Crippen LogP contribution in [0.2, 0.25) is 0 Å². The number of hydrogen-bond acceptors (Lipinski definition) is 3. The fraction of sp³-hybridized carbons (Fsp3) is 0.316. The number of carboxylic acids is 1. The number of hydrogen-bond donors (Lipinski definition) is 1. The standard InChI is InChI=1S/C19H18F3NO3/c20-19(21,22)14-5-9-16(10-6-14)26-17-2-1-11-23(12-17)15-7-3-13(4-8-15)18(24)25/h3-10,17H,1-2,11-12H2,(H,24,25)/t17-/m0/s1. The van der Waals surface area contributed by atoms with Gasteiger partial charge in [0.2, 0.25) is 0 Å². The van der Waals surface area contributed by atoms with Gasteiger partial charge in [-0.1, -0.05) is 0 Å². The summed E-state index contributed by atoms with van der Waals surface area (Å²) in [6.07, 6.45) is -2.81. The molecule has 1 heterocycles. The Balaban J connectivity index is 1.64. The van der Waals surface area contributed by atoms with E-state index in [1.165, 1.54) is 12.1 Å². The molecule has 0 bridgehead atoms. The Kier molecular flexibility index (Phi) is 5.06. The van der Waals surface area contributed by atoms with Gasteiger partial charge in [-0.25, -0.2) is 4.79 Å². The number of nitrogens with zero attached hydrogens (tertiary/aromatic N) is 1. The van der Waals surface area contributed by atoms with Crippen LogP contribution in [0.1, 0.15) is 28.8 Å². The molecule has 138 valence electrons. The van der Waals surface area contributed by atoms with Crippen LogP contribution < -0.4 is 9.64 Å². The van der Waals surface area contributed by atoms with Crippen LogP contribution in [0.15, 0.2) is 48.5 Å². The van der Waals surface area contributed by atoms with Crippen LogP contribution >= 0.6 is 0 Å². The molecule has 0 unspecified atom stereocenters. The molecule has 0 aromatic heterocycles. The highest BCUT2D eigenvalue weighted by Gasteiger charge is 2.30. The second kappa shape index (κ2) is 7.27. The summed E-state index contributed by atoms with van der Waals surface area (Å²) < 4.78 is 43.7. The molecule has 1 atom stereocenters. The lowest BCUT2D eigenvalue weighted by Crippen LogP contribution is -2.41. The second-order valence-electron chi connectivity index (χ2n) is 6.20. The molecule has 2 aromatic carbocycles. The lowest BCUT2D eigenvalue weighted by molar-refractivity contribution is -0.137. The van der Waals surface area contributed by atoms with Gasteiger partial charge in [0.05, 0.1) is 17.7 Å². The summed E-state index contributed by atoms with van der Waals surface area (Å²) in [5, 5.41) is 8.96. The first kappa shape index (κ1) is 18.1. The summed E-state index contributed by atoms with van der Waals surface area (Å²) in [4.78, 5) is 13.0. The number of carbonyl (C=O) groups is 1. The zero-order valence-electron chi connectivity index (χ0n) is 13.9. The lowest BCUT2D eigenvalue weighted by atomic mass is 10.1. The molecule has 1 saturated heterocycles. The molecule has 7 heteroatoms. The third kappa shape index (κ3) is 4.28. The van der Waals surface area contributed by atoms with Gasteiger partial charge in [0.25, 0.3) is 0 Å². The molecule has 0 aliphatic carbocycles. The van der Waals surface area contributed by atoms with Gasteiger partial charge in [0.15, 0.2) is 0 Å². The molecule has 0 saturated carbocycles. The Bertz CT molecular complexity index is 757. The fourth-order valence-corrected chi connectivity index (χ4v) is 3.00. The van der Waals surface area contributed by atoms with E-state index in [2.05, 4.69) is 4.90 Å².